The number of para-hydroxylation sites is 1. The Morgan fingerprint density at radius 2 is 1.91 bits per heavy atom. The molecule has 0 aliphatic heterocycles. The summed E-state index contributed by atoms with van der Waals surface area (Å²) in [5, 5.41) is 22.8. The Kier molecular flexibility index (Phi) is 5.54. The largest absolute Gasteiger partial charge is 0.395 e. The Bertz CT molecular complexity index is 651. The SMILES string of the molecule is Cc1c(C(=O)N(CCO)CCO)cnn1-c1ccccc1Cl. The van der Waals surface area contributed by atoms with E-state index in [2.05, 4.69) is 5.10 Å². The van der Waals surface area contributed by atoms with Crippen molar-refractivity contribution in [3.63, 3.8) is 0 Å². The van der Waals surface area contributed by atoms with Crippen LogP contribution in [0.2, 0.25) is 5.02 Å². The molecule has 0 saturated heterocycles. The van der Waals surface area contributed by atoms with Crippen molar-refractivity contribution in [1.29, 1.82) is 0 Å². The zero-order valence-corrected chi connectivity index (χ0v) is 13.0. The van der Waals surface area contributed by atoms with E-state index in [0.717, 1.165) is 0 Å². The van der Waals surface area contributed by atoms with Crippen molar-refractivity contribution in [2.24, 2.45) is 0 Å². The van der Waals surface area contributed by atoms with Gasteiger partial charge in [-0.25, -0.2) is 4.68 Å². The van der Waals surface area contributed by atoms with Crippen LogP contribution in [-0.2, 0) is 0 Å². The number of amides is 1. The number of carbonyl (C=O) groups excluding carboxylic acids is 1. The van der Waals surface area contributed by atoms with Crippen molar-refractivity contribution in [2.45, 2.75) is 6.92 Å². The summed E-state index contributed by atoms with van der Waals surface area (Å²) in [6.07, 6.45) is 1.47. The van der Waals surface area contributed by atoms with Crippen molar-refractivity contribution in [3.05, 3.63) is 46.7 Å². The maximum Gasteiger partial charge on any atom is 0.257 e. The molecule has 0 saturated carbocycles. The summed E-state index contributed by atoms with van der Waals surface area (Å²) >= 11 is 6.16. The van der Waals surface area contributed by atoms with Crippen LogP contribution in [0.15, 0.2) is 30.5 Å². The molecule has 0 aliphatic carbocycles. The van der Waals surface area contributed by atoms with Crippen LogP contribution in [0, 0.1) is 6.92 Å². The van der Waals surface area contributed by atoms with Gasteiger partial charge in [0, 0.05) is 13.1 Å². The highest BCUT2D eigenvalue weighted by Gasteiger charge is 2.21. The highest BCUT2D eigenvalue weighted by molar-refractivity contribution is 6.32. The number of rotatable bonds is 6. The Morgan fingerprint density at radius 3 is 2.50 bits per heavy atom. The molecular formula is C15H18ClN3O3. The molecule has 7 heteroatoms. The van der Waals surface area contributed by atoms with Gasteiger partial charge in [0.1, 0.15) is 0 Å². The summed E-state index contributed by atoms with van der Waals surface area (Å²) in [4.78, 5) is 13.9. The van der Waals surface area contributed by atoms with Crippen molar-refractivity contribution < 1.29 is 15.0 Å². The first kappa shape index (κ1) is 16.5. The Hall–Kier alpha value is -1.89. The van der Waals surface area contributed by atoms with Crippen molar-refractivity contribution in [2.75, 3.05) is 26.3 Å². The summed E-state index contributed by atoms with van der Waals surface area (Å²) in [7, 11) is 0. The number of aliphatic hydroxyl groups is 2. The van der Waals surface area contributed by atoms with Gasteiger partial charge >= 0.3 is 0 Å². The number of carbonyl (C=O) groups is 1. The topological polar surface area (TPSA) is 78.6 Å². The molecule has 22 heavy (non-hydrogen) atoms. The van der Waals surface area contributed by atoms with Gasteiger partial charge < -0.3 is 15.1 Å². The molecule has 0 aliphatic rings. The standard InChI is InChI=1S/C15H18ClN3O3/c1-11-12(15(22)18(6-8-20)7-9-21)10-17-19(11)14-5-3-2-4-13(14)16/h2-5,10,20-21H,6-9H2,1H3. The molecule has 0 fully saturated rings. The fraction of sp³-hybridized carbons (Fsp3) is 0.333. The second-order valence-corrected chi connectivity index (χ2v) is 5.15. The van der Waals surface area contributed by atoms with E-state index < -0.39 is 0 Å². The van der Waals surface area contributed by atoms with E-state index in [9.17, 15) is 4.79 Å². The van der Waals surface area contributed by atoms with Crippen molar-refractivity contribution in [3.8, 4) is 5.69 Å². The van der Waals surface area contributed by atoms with Crippen LogP contribution in [0.4, 0.5) is 0 Å². The molecule has 118 valence electrons. The van der Waals surface area contributed by atoms with Crippen LogP contribution in [-0.4, -0.2) is 57.1 Å². The van der Waals surface area contributed by atoms with Crippen LogP contribution in [0.3, 0.4) is 0 Å². The van der Waals surface area contributed by atoms with Crippen LogP contribution < -0.4 is 0 Å². The number of benzene rings is 1. The molecule has 2 N–H and O–H groups in total. The minimum atomic E-state index is -0.279. The lowest BCUT2D eigenvalue weighted by Crippen LogP contribution is -2.36. The number of hydrogen-bond donors (Lipinski definition) is 2. The molecule has 1 aromatic heterocycles. The third-order valence-electron chi connectivity index (χ3n) is 3.35. The Balaban J connectivity index is 2.35. The molecule has 1 heterocycles. The predicted octanol–water partition coefficient (Wildman–Crippen LogP) is 1.26. The maximum atomic E-state index is 12.5. The van der Waals surface area contributed by atoms with E-state index in [4.69, 9.17) is 21.8 Å². The zero-order valence-electron chi connectivity index (χ0n) is 12.2. The first-order valence-electron chi connectivity index (χ1n) is 6.90. The van der Waals surface area contributed by atoms with Gasteiger partial charge in [-0.3, -0.25) is 4.79 Å². The molecule has 0 spiro atoms. The predicted molar refractivity (Wildman–Crippen MR) is 83.4 cm³/mol. The van der Waals surface area contributed by atoms with E-state index in [1.165, 1.54) is 11.1 Å². The summed E-state index contributed by atoms with van der Waals surface area (Å²) in [5.41, 5.74) is 1.76. The first-order chi connectivity index (χ1) is 10.6. The summed E-state index contributed by atoms with van der Waals surface area (Å²) in [6.45, 7) is 1.78. The molecule has 1 amide bonds. The third kappa shape index (κ3) is 3.30. The number of aliphatic hydroxyl groups excluding tert-OH is 2. The smallest absolute Gasteiger partial charge is 0.257 e. The lowest BCUT2D eigenvalue weighted by atomic mass is 10.2. The van der Waals surface area contributed by atoms with Gasteiger partial charge in [-0.2, -0.15) is 5.10 Å². The monoisotopic (exact) mass is 323 g/mol. The highest BCUT2D eigenvalue weighted by Crippen LogP contribution is 2.22. The second-order valence-electron chi connectivity index (χ2n) is 4.75. The molecule has 1 aromatic carbocycles. The van der Waals surface area contributed by atoms with E-state index in [1.807, 2.05) is 18.2 Å². The number of halogens is 1. The molecule has 2 rings (SSSR count). The average molecular weight is 324 g/mol. The molecule has 2 aromatic rings. The van der Waals surface area contributed by atoms with Gasteiger partial charge in [0.05, 0.1) is 41.4 Å². The van der Waals surface area contributed by atoms with E-state index in [0.29, 0.717) is 22.0 Å². The second kappa shape index (κ2) is 7.40. The van der Waals surface area contributed by atoms with Gasteiger partial charge in [-0.15, -0.1) is 0 Å². The normalized spacial score (nSPS) is 10.7. The fourth-order valence-electron chi connectivity index (χ4n) is 2.21. The quantitative estimate of drug-likeness (QED) is 0.839. The van der Waals surface area contributed by atoms with Crippen molar-refractivity contribution >= 4 is 17.5 Å². The lowest BCUT2D eigenvalue weighted by molar-refractivity contribution is 0.0684. The van der Waals surface area contributed by atoms with Crippen molar-refractivity contribution in [1.82, 2.24) is 14.7 Å². The van der Waals surface area contributed by atoms with Crippen LogP contribution in [0.1, 0.15) is 16.1 Å². The molecular weight excluding hydrogens is 306 g/mol. The zero-order chi connectivity index (χ0) is 16.1. The molecule has 0 radical (unpaired) electrons. The van der Waals surface area contributed by atoms with E-state index in [-0.39, 0.29) is 32.2 Å². The van der Waals surface area contributed by atoms with Crippen LogP contribution >= 0.6 is 11.6 Å². The highest BCUT2D eigenvalue weighted by atomic mass is 35.5. The summed E-state index contributed by atoms with van der Waals surface area (Å²) < 4.78 is 1.60. The fourth-order valence-corrected chi connectivity index (χ4v) is 2.43. The van der Waals surface area contributed by atoms with Gasteiger partial charge in [0.25, 0.3) is 5.91 Å². The van der Waals surface area contributed by atoms with E-state index in [1.54, 1.807) is 17.7 Å². The first-order valence-corrected chi connectivity index (χ1v) is 7.28. The maximum absolute atomic E-state index is 12.5. The summed E-state index contributed by atoms with van der Waals surface area (Å²) in [5.74, 6) is -0.279. The van der Waals surface area contributed by atoms with Crippen LogP contribution in [0.5, 0.6) is 0 Å². The van der Waals surface area contributed by atoms with Gasteiger partial charge in [0.2, 0.25) is 0 Å². The lowest BCUT2D eigenvalue weighted by Gasteiger charge is -2.20. The Labute approximate surface area is 133 Å². The number of aromatic nitrogens is 2. The van der Waals surface area contributed by atoms with Gasteiger partial charge in [0.15, 0.2) is 0 Å². The van der Waals surface area contributed by atoms with Gasteiger partial charge in [-0.1, -0.05) is 23.7 Å². The average Bonchev–Trinajstić information content (AvgIpc) is 2.88. The minimum Gasteiger partial charge on any atom is -0.395 e. The van der Waals surface area contributed by atoms with Crippen LogP contribution in [0.25, 0.3) is 5.69 Å². The number of nitrogens with zero attached hydrogens (tertiary/aromatic N) is 3. The molecule has 6 nitrogen and oxygen atoms in total. The molecule has 0 bridgehead atoms. The minimum absolute atomic E-state index is 0.163. The van der Waals surface area contributed by atoms with Gasteiger partial charge in [-0.05, 0) is 19.1 Å². The number of hydrogen-bond acceptors (Lipinski definition) is 4. The third-order valence-corrected chi connectivity index (χ3v) is 3.67. The molecule has 0 atom stereocenters. The summed E-state index contributed by atoms with van der Waals surface area (Å²) in [6, 6.07) is 7.23. The van der Waals surface area contributed by atoms with E-state index >= 15 is 0 Å². The Morgan fingerprint density at radius 1 is 1.27 bits per heavy atom. The molecule has 0 unspecified atom stereocenters.